The van der Waals surface area contributed by atoms with Crippen molar-refractivity contribution in [3.05, 3.63) is 45.1 Å². The molecule has 0 bridgehead atoms. The van der Waals surface area contributed by atoms with Crippen molar-refractivity contribution in [3.63, 3.8) is 0 Å². The molecule has 0 radical (unpaired) electrons. The predicted molar refractivity (Wildman–Crippen MR) is 79.9 cm³/mol. The molecule has 2 rings (SSSR count). The second kappa shape index (κ2) is 6.77. The van der Waals surface area contributed by atoms with Crippen molar-refractivity contribution in [1.29, 1.82) is 0 Å². The molecule has 1 amide bonds. The van der Waals surface area contributed by atoms with Crippen LogP contribution in [0.5, 0.6) is 0 Å². The minimum Gasteiger partial charge on any atom is -0.469 e. The largest absolute Gasteiger partial charge is 0.469 e. The number of aromatic nitrogens is 1. The van der Waals surface area contributed by atoms with Crippen LogP contribution in [0, 0.1) is 5.82 Å². The summed E-state index contributed by atoms with van der Waals surface area (Å²) < 4.78 is 18.7. The molecule has 1 aromatic carbocycles. The number of nitrogens with zero attached hydrogens (tertiary/aromatic N) is 1. The van der Waals surface area contributed by atoms with Gasteiger partial charge in [-0.15, -0.1) is 11.3 Å². The van der Waals surface area contributed by atoms with Crippen LogP contribution in [0.25, 0.3) is 0 Å². The average molecular weight is 373 g/mol. The van der Waals surface area contributed by atoms with Crippen LogP contribution in [0.2, 0.25) is 0 Å². The van der Waals surface area contributed by atoms with E-state index in [1.54, 1.807) is 11.4 Å². The summed E-state index contributed by atoms with van der Waals surface area (Å²) in [6.07, 6.45) is 0.0233. The number of ether oxygens (including phenoxy) is 1. The van der Waals surface area contributed by atoms with Crippen LogP contribution in [0.3, 0.4) is 0 Å². The van der Waals surface area contributed by atoms with Crippen molar-refractivity contribution >= 4 is 44.3 Å². The third-order valence-electron chi connectivity index (χ3n) is 2.50. The number of carbonyl (C=O) groups excluding carboxylic acids is 2. The van der Waals surface area contributed by atoms with Crippen molar-refractivity contribution < 1.29 is 18.7 Å². The first-order valence-corrected chi connectivity index (χ1v) is 7.44. The molecular weight excluding hydrogens is 363 g/mol. The van der Waals surface area contributed by atoms with Gasteiger partial charge in [0.05, 0.1) is 24.8 Å². The van der Waals surface area contributed by atoms with Gasteiger partial charge in [0.1, 0.15) is 5.82 Å². The summed E-state index contributed by atoms with van der Waals surface area (Å²) in [5, 5.41) is 4.41. The highest BCUT2D eigenvalue weighted by molar-refractivity contribution is 9.10. The summed E-state index contributed by atoms with van der Waals surface area (Å²) in [4.78, 5) is 27.1. The molecule has 1 aromatic heterocycles. The van der Waals surface area contributed by atoms with Crippen LogP contribution in [0.1, 0.15) is 16.1 Å². The topological polar surface area (TPSA) is 68.3 Å². The Bertz CT molecular complexity index is 690. The molecule has 0 saturated heterocycles. The van der Waals surface area contributed by atoms with Gasteiger partial charge in [0.2, 0.25) is 0 Å². The maximum absolute atomic E-state index is 13.7. The molecule has 110 valence electrons. The van der Waals surface area contributed by atoms with Gasteiger partial charge in [-0.2, -0.15) is 0 Å². The monoisotopic (exact) mass is 372 g/mol. The fourth-order valence-electron chi connectivity index (χ4n) is 1.50. The number of anilines is 1. The van der Waals surface area contributed by atoms with E-state index < -0.39 is 17.7 Å². The first-order chi connectivity index (χ1) is 9.99. The quantitative estimate of drug-likeness (QED) is 0.837. The lowest BCUT2D eigenvalue weighted by molar-refractivity contribution is -0.139. The van der Waals surface area contributed by atoms with Gasteiger partial charge in [-0.25, -0.2) is 9.37 Å². The van der Waals surface area contributed by atoms with Gasteiger partial charge in [0.15, 0.2) is 5.13 Å². The number of thiazole rings is 1. The molecule has 2 aromatic rings. The SMILES string of the molecule is COC(=O)Cc1csc(NC(=O)c2ccc(Br)cc2F)n1. The van der Waals surface area contributed by atoms with E-state index in [2.05, 4.69) is 31.0 Å². The Kier molecular flexibility index (Phi) is 5.03. The molecular formula is C13H10BrFN2O3S. The van der Waals surface area contributed by atoms with Gasteiger partial charge in [-0.3, -0.25) is 14.9 Å². The third kappa shape index (κ3) is 4.08. The lowest BCUT2D eigenvalue weighted by Crippen LogP contribution is -2.13. The van der Waals surface area contributed by atoms with Crippen molar-refractivity contribution in [2.24, 2.45) is 0 Å². The minimum atomic E-state index is -0.631. The van der Waals surface area contributed by atoms with Crippen LogP contribution in [0.15, 0.2) is 28.1 Å². The Labute approximate surface area is 132 Å². The smallest absolute Gasteiger partial charge is 0.311 e. The van der Waals surface area contributed by atoms with E-state index in [9.17, 15) is 14.0 Å². The maximum atomic E-state index is 13.7. The average Bonchev–Trinajstić information content (AvgIpc) is 2.85. The number of esters is 1. The third-order valence-corrected chi connectivity index (χ3v) is 3.80. The molecule has 1 heterocycles. The number of hydrogen-bond acceptors (Lipinski definition) is 5. The van der Waals surface area contributed by atoms with Crippen molar-refractivity contribution in [2.75, 3.05) is 12.4 Å². The molecule has 21 heavy (non-hydrogen) atoms. The maximum Gasteiger partial charge on any atom is 0.311 e. The molecule has 0 aliphatic carbocycles. The van der Waals surface area contributed by atoms with E-state index in [1.807, 2.05) is 0 Å². The molecule has 8 heteroatoms. The van der Waals surface area contributed by atoms with E-state index in [0.717, 1.165) is 11.3 Å². The Morgan fingerprint density at radius 1 is 1.48 bits per heavy atom. The molecule has 0 aliphatic rings. The zero-order chi connectivity index (χ0) is 15.4. The highest BCUT2D eigenvalue weighted by atomic mass is 79.9. The summed E-state index contributed by atoms with van der Waals surface area (Å²) in [7, 11) is 1.29. The van der Waals surface area contributed by atoms with Gasteiger partial charge in [0.25, 0.3) is 5.91 Å². The van der Waals surface area contributed by atoms with Crippen LogP contribution < -0.4 is 5.32 Å². The molecule has 0 fully saturated rings. The first-order valence-electron chi connectivity index (χ1n) is 5.77. The summed E-state index contributed by atoms with van der Waals surface area (Å²) in [6.45, 7) is 0. The summed E-state index contributed by atoms with van der Waals surface area (Å²) >= 11 is 4.27. The normalized spacial score (nSPS) is 10.2. The zero-order valence-corrected chi connectivity index (χ0v) is 13.3. The second-order valence-electron chi connectivity index (χ2n) is 3.98. The number of hydrogen-bond donors (Lipinski definition) is 1. The van der Waals surface area contributed by atoms with E-state index in [4.69, 9.17) is 0 Å². The van der Waals surface area contributed by atoms with Gasteiger partial charge in [-0.1, -0.05) is 15.9 Å². The van der Waals surface area contributed by atoms with E-state index in [0.29, 0.717) is 15.3 Å². The Morgan fingerprint density at radius 3 is 2.90 bits per heavy atom. The Balaban J connectivity index is 2.07. The molecule has 0 saturated carbocycles. The number of benzene rings is 1. The summed E-state index contributed by atoms with van der Waals surface area (Å²) in [5.74, 6) is -1.65. The lowest BCUT2D eigenvalue weighted by Gasteiger charge is -2.03. The molecule has 1 N–H and O–H groups in total. The summed E-state index contributed by atoms with van der Waals surface area (Å²) in [5.41, 5.74) is 0.404. The summed E-state index contributed by atoms with van der Waals surface area (Å²) in [6, 6.07) is 4.15. The van der Waals surface area contributed by atoms with Gasteiger partial charge in [-0.05, 0) is 18.2 Å². The highest BCUT2D eigenvalue weighted by Gasteiger charge is 2.14. The van der Waals surface area contributed by atoms with Gasteiger partial charge in [0, 0.05) is 9.85 Å². The number of nitrogens with one attached hydrogen (secondary N) is 1. The fraction of sp³-hybridized carbons (Fsp3) is 0.154. The Hall–Kier alpha value is -1.80. The number of carbonyl (C=O) groups is 2. The number of methoxy groups -OCH3 is 1. The van der Waals surface area contributed by atoms with Crippen molar-refractivity contribution in [3.8, 4) is 0 Å². The van der Waals surface area contributed by atoms with Crippen molar-refractivity contribution in [2.45, 2.75) is 6.42 Å². The van der Waals surface area contributed by atoms with E-state index in [-0.39, 0.29) is 12.0 Å². The fourth-order valence-corrected chi connectivity index (χ4v) is 2.54. The van der Waals surface area contributed by atoms with Gasteiger partial charge >= 0.3 is 5.97 Å². The Morgan fingerprint density at radius 2 is 2.24 bits per heavy atom. The van der Waals surface area contributed by atoms with E-state index in [1.165, 1.54) is 19.2 Å². The standard InChI is InChI=1S/C13H10BrFN2O3S/c1-20-11(18)5-8-6-21-13(16-8)17-12(19)9-3-2-7(14)4-10(9)15/h2-4,6H,5H2,1H3,(H,16,17,19). The predicted octanol–water partition coefficient (Wildman–Crippen LogP) is 3.01. The molecule has 0 aliphatic heterocycles. The molecule has 0 spiro atoms. The number of rotatable bonds is 4. The van der Waals surface area contributed by atoms with Gasteiger partial charge < -0.3 is 4.74 Å². The van der Waals surface area contributed by atoms with Crippen molar-refractivity contribution in [1.82, 2.24) is 4.98 Å². The van der Waals surface area contributed by atoms with Crippen LogP contribution in [-0.2, 0) is 16.0 Å². The number of amides is 1. The van der Waals surface area contributed by atoms with Crippen LogP contribution in [-0.4, -0.2) is 24.0 Å². The molecule has 0 atom stereocenters. The lowest BCUT2D eigenvalue weighted by atomic mass is 10.2. The molecule has 5 nitrogen and oxygen atoms in total. The number of halogens is 2. The highest BCUT2D eigenvalue weighted by Crippen LogP contribution is 2.19. The first kappa shape index (κ1) is 15.6. The minimum absolute atomic E-state index is 0.0233. The molecule has 0 unspecified atom stereocenters. The second-order valence-corrected chi connectivity index (χ2v) is 5.75. The van der Waals surface area contributed by atoms with Crippen LogP contribution in [0.4, 0.5) is 9.52 Å². The van der Waals surface area contributed by atoms with Crippen LogP contribution >= 0.6 is 27.3 Å². The van der Waals surface area contributed by atoms with E-state index >= 15 is 0 Å². The zero-order valence-electron chi connectivity index (χ0n) is 10.9.